The van der Waals surface area contributed by atoms with Crippen molar-refractivity contribution in [1.29, 1.82) is 0 Å². The first-order chi connectivity index (χ1) is 18.9. The maximum atomic E-state index is 12.4. The minimum Gasteiger partial charge on any atom is -0.486 e. The van der Waals surface area contributed by atoms with E-state index < -0.39 is 12.2 Å². The van der Waals surface area contributed by atoms with Gasteiger partial charge in [-0.15, -0.1) is 0 Å². The average molecular weight is 541 g/mol. The molecule has 13 heteroatoms. The van der Waals surface area contributed by atoms with Gasteiger partial charge in [0.05, 0.1) is 37.8 Å². The molecular formula is C26H32N6O7. The summed E-state index contributed by atoms with van der Waals surface area (Å²) in [6.45, 7) is 3.09. The zero-order valence-corrected chi connectivity index (χ0v) is 21.7. The van der Waals surface area contributed by atoms with E-state index in [1.165, 1.54) is 22.8 Å². The number of aryl methyl sites for hydroxylation is 1. The number of aliphatic hydroxyl groups excluding tert-OH is 1. The normalized spacial score (nSPS) is 16.7. The van der Waals surface area contributed by atoms with Crippen LogP contribution in [0.25, 0.3) is 11.2 Å². The Morgan fingerprint density at radius 1 is 1.18 bits per heavy atom. The lowest BCUT2D eigenvalue weighted by Gasteiger charge is -2.37. The number of amides is 1. The second kappa shape index (κ2) is 11.8. The van der Waals surface area contributed by atoms with Crippen molar-refractivity contribution in [3.8, 4) is 17.4 Å². The minimum atomic E-state index is -0.995. The van der Waals surface area contributed by atoms with Crippen molar-refractivity contribution in [3.63, 3.8) is 0 Å². The SMILES string of the molecule is COc1ccc2ncc(=O)n(CCC(O)CN3CCC(N(Cc4cc5c(cn4)OCCO5)C(=O)O)CC3)c2n1. The van der Waals surface area contributed by atoms with Gasteiger partial charge in [-0.3, -0.25) is 19.2 Å². The quantitative estimate of drug-likeness (QED) is 0.405. The molecule has 5 heterocycles. The summed E-state index contributed by atoms with van der Waals surface area (Å²) in [6, 6.07) is 5.00. The molecule has 1 amide bonds. The largest absolute Gasteiger partial charge is 0.486 e. The predicted octanol–water partition coefficient (Wildman–Crippen LogP) is 1.36. The summed E-state index contributed by atoms with van der Waals surface area (Å²) in [5, 5.41) is 20.6. The van der Waals surface area contributed by atoms with Gasteiger partial charge in [-0.05, 0) is 25.3 Å². The van der Waals surface area contributed by atoms with Crippen molar-refractivity contribution in [2.45, 2.75) is 44.5 Å². The van der Waals surface area contributed by atoms with Gasteiger partial charge in [0.1, 0.15) is 18.7 Å². The number of rotatable bonds is 9. The molecule has 0 radical (unpaired) electrons. The first-order valence-electron chi connectivity index (χ1n) is 13.0. The Bertz CT molecular complexity index is 1370. The fraction of sp³-hybridized carbons (Fsp3) is 0.500. The third-order valence-corrected chi connectivity index (χ3v) is 7.09. The van der Waals surface area contributed by atoms with Crippen molar-refractivity contribution >= 4 is 17.3 Å². The fourth-order valence-corrected chi connectivity index (χ4v) is 5.04. The molecule has 39 heavy (non-hydrogen) atoms. The molecule has 1 saturated heterocycles. The van der Waals surface area contributed by atoms with Gasteiger partial charge >= 0.3 is 6.09 Å². The molecule has 1 unspecified atom stereocenters. The lowest BCUT2D eigenvalue weighted by molar-refractivity contribution is 0.0574. The molecule has 0 aliphatic carbocycles. The minimum absolute atomic E-state index is 0.159. The van der Waals surface area contributed by atoms with E-state index in [1.54, 1.807) is 24.4 Å². The molecular weight excluding hydrogens is 508 g/mol. The lowest BCUT2D eigenvalue weighted by Crippen LogP contribution is -2.48. The first kappa shape index (κ1) is 26.6. The molecule has 2 aliphatic heterocycles. The number of nitrogens with zero attached hydrogens (tertiary/aromatic N) is 6. The molecule has 3 aromatic rings. The zero-order chi connectivity index (χ0) is 27.4. The number of carbonyl (C=O) groups is 1. The Kier molecular flexibility index (Phi) is 8.07. The maximum absolute atomic E-state index is 12.4. The van der Waals surface area contributed by atoms with Crippen LogP contribution in [0.2, 0.25) is 0 Å². The highest BCUT2D eigenvalue weighted by atomic mass is 16.6. The van der Waals surface area contributed by atoms with Gasteiger partial charge in [0.25, 0.3) is 5.56 Å². The van der Waals surface area contributed by atoms with Crippen molar-refractivity contribution < 1.29 is 29.2 Å². The smallest absolute Gasteiger partial charge is 0.407 e. The molecule has 0 saturated carbocycles. The van der Waals surface area contributed by atoms with E-state index in [0.717, 1.165) is 0 Å². The van der Waals surface area contributed by atoms with E-state index in [2.05, 4.69) is 19.9 Å². The summed E-state index contributed by atoms with van der Waals surface area (Å²) in [6.07, 6.45) is 2.80. The molecule has 1 fully saturated rings. The number of methoxy groups -OCH3 is 1. The standard InChI is InChI=1S/C26H32N6O7/c1-37-23-3-2-20-25(29-23)31(24(34)14-28-20)9-6-19(33)16-30-7-4-18(5-8-30)32(26(35)36)15-17-12-21-22(13-27-17)39-11-10-38-21/h2-3,12-14,18-19,33H,4-11,15-16H2,1H3,(H,35,36). The van der Waals surface area contributed by atoms with Crippen LogP contribution in [-0.4, -0.2) is 97.7 Å². The number of hydrogen-bond donors (Lipinski definition) is 2. The third kappa shape index (κ3) is 6.20. The van der Waals surface area contributed by atoms with Gasteiger partial charge in [-0.2, -0.15) is 4.98 Å². The lowest BCUT2D eigenvalue weighted by atomic mass is 10.0. The monoisotopic (exact) mass is 540 g/mol. The van der Waals surface area contributed by atoms with Gasteiger partial charge < -0.3 is 29.3 Å². The molecule has 1 atom stereocenters. The number of piperidine rings is 1. The van der Waals surface area contributed by atoms with Crippen LogP contribution < -0.4 is 19.8 Å². The second-order valence-electron chi connectivity index (χ2n) is 9.65. The van der Waals surface area contributed by atoms with Crippen LogP contribution >= 0.6 is 0 Å². The van der Waals surface area contributed by atoms with Crippen LogP contribution in [0.5, 0.6) is 17.4 Å². The average Bonchev–Trinajstić information content (AvgIpc) is 2.95. The predicted molar refractivity (Wildman–Crippen MR) is 139 cm³/mol. The van der Waals surface area contributed by atoms with Crippen LogP contribution in [-0.2, 0) is 13.1 Å². The van der Waals surface area contributed by atoms with Crippen molar-refractivity contribution in [2.24, 2.45) is 0 Å². The van der Waals surface area contributed by atoms with E-state index in [9.17, 15) is 19.8 Å². The van der Waals surface area contributed by atoms with Gasteiger partial charge in [0, 0.05) is 44.4 Å². The summed E-state index contributed by atoms with van der Waals surface area (Å²) in [4.78, 5) is 40.9. The topological polar surface area (TPSA) is 152 Å². The first-order valence-corrected chi connectivity index (χ1v) is 13.0. The number of fused-ring (bicyclic) bond motifs is 2. The van der Waals surface area contributed by atoms with Crippen LogP contribution in [0.15, 0.2) is 35.4 Å². The zero-order valence-electron chi connectivity index (χ0n) is 21.7. The molecule has 3 aromatic heterocycles. The van der Waals surface area contributed by atoms with E-state index in [1.807, 2.05) is 0 Å². The highest BCUT2D eigenvalue weighted by Crippen LogP contribution is 2.30. The Morgan fingerprint density at radius 2 is 1.95 bits per heavy atom. The third-order valence-electron chi connectivity index (χ3n) is 7.09. The number of aromatic nitrogens is 4. The number of pyridine rings is 2. The van der Waals surface area contributed by atoms with E-state index >= 15 is 0 Å². The number of hydrogen-bond acceptors (Lipinski definition) is 10. The summed E-state index contributed by atoms with van der Waals surface area (Å²) in [5.74, 6) is 1.53. The Hall–Kier alpha value is -3.97. The van der Waals surface area contributed by atoms with E-state index in [4.69, 9.17) is 14.2 Å². The number of aliphatic hydroxyl groups is 1. The molecule has 208 valence electrons. The van der Waals surface area contributed by atoms with Gasteiger partial charge in [0.15, 0.2) is 17.1 Å². The Morgan fingerprint density at radius 3 is 2.69 bits per heavy atom. The molecule has 0 spiro atoms. The molecule has 0 bridgehead atoms. The van der Waals surface area contributed by atoms with Crippen LogP contribution in [0, 0.1) is 0 Å². The van der Waals surface area contributed by atoms with Gasteiger partial charge in [-0.1, -0.05) is 0 Å². The molecule has 0 aromatic carbocycles. The van der Waals surface area contributed by atoms with Gasteiger partial charge in [0.2, 0.25) is 5.88 Å². The van der Waals surface area contributed by atoms with Gasteiger partial charge in [-0.25, -0.2) is 9.78 Å². The number of β-amino-alcohol motifs (C(OH)–C–C–N with tert-alkyl or cyclic N) is 1. The Labute approximate surface area is 224 Å². The molecule has 2 aliphatic rings. The fourth-order valence-electron chi connectivity index (χ4n) is 5.04. The van der Waals surface area contributed by atoms with Crippen LogP contribution in [0.4, 0.5) is 4.79 Å². The second-order valence-corrected chi connectivity index (χ2v) is 9.65. The number of ether oxygens (including phenoxy) is 3. The summed E-state index contributed by atoms with van der Waals surface area (Å²) in [7, 11) is 1.50. The van der Waals surface area contributed by atoms with Crippen molar-refractivity contribution in [2.75, 3.05) is 40.0 Å². The highest BCUT2D eigenvalue weighted by Gasteiger charge is 2.29. The highest BCUT2D eigenvalue weighted by molar-refractivity contribution is 5.70. The Balaban J connectivity index is 1.14. The molecule has 13 nitrogen and oxygen atoms in total. The summed E-state index contributed by atoms with van der Waals surface area (Å²) >= 11 is 0. The molecule has 2 N–H and O–H groups in total. The van der Waals surface area contributed by atoms with Crippen molar-refractivity contribution in [3.05, 3.63) is 46.6 Å². The maximum Gasteiger partial charge on any atom is 0.407 e. The summed E-state index contributed by atoms with van der Waals surface area (Å²) < 4.78 is 17.8. The van der Waals surface area contributed by atoms with Crippen LogP contribution in [0.1, 0.15) is 25.0 Å². The number of likely N-dealkylation sites (tertiary alicyclic amines) is 1. The molecule has 5 rings (SSSR count). The van der Waals surface area contributed by atoms with Crippen molar-refractivity contribution in [1.82, 2.24) is 29.3 Å². The van der Waals surface area contributed by atoms with E-state index in [-0.39, 0.29) is 24.7 Å². The van der Waals surface area contributed by atoms with E-state index in [0.29, 0.717) is 86.3 Å². The van der Waals surface area contributed by atoms with Crippen LogP contribution in [0.3, 0.4) is 0 Å². The summed E-state index contributed by atoms with van der Waals surface area (Å²) in [5.41, 5.74) is 1.29. The number of carboxylic acid groups (broad SMARTS) is 1.